The Balaban J connectivity index is 1.76. The first kappa shape index (κ1) is 20.0. The summed E-state index contributed by atoms with van der Waals surface area (Å²) < 4.78 is 14.2. The van der Waals surface area contributed by atoms with E-state index in [4.69, 9.17) is 4.98 Å². The molecule has 3 aromatic rings. The van der Waals surface area contributed by atoms with E-state index in [1.54, 1.807) is 12.1 Å². The summed E-state index contributed by atoms with van der Waals surface area (Å²) in [6, 6.07) is 15.3. The molecule has 0 fully saturated rings. The Labute approximate surface area is 166 Å². The van der Waals surface area contributed by atoms with E-state index in [1.165, 1.54) is 6.07 Å². The first-order valence-corrected chi connectivity index (χ1v) is 9.72. The highest BCUT2D eigenvalue weighted by atomic mass is 19.1. The van der Waals surface area contributed by atoms with Crippen LogP contribution in [0.3, 0.4) is 0 Å². The Morgan fingerprint density at radius 1 is 1.14 bits per heavy atom. The van der Waals surface area contributed by atoms with E-state index in [1.807, 2.05) is 37.3 Å². The predicted molar refractivity (Wildman–Crippen MR) is 116 cm³/mol. The lowest BCUT2D eigenvalue weighted by atomic mass is 10.0. The van der Waals surface area contributed by atoms with Gasteiger partial charge in [-0.1, -0.05) is 42.5 Å². The second-order valence-electron chi connectivity index (χ2n) is 7.13. The number of aliphatic hydroxyl groups is 1. The number of rotatable bonds is 8. The number of aromatic nitrogens is 1. The van der Waals surface area contributed by atoms with E-state index < -0.39 is 0 Å². The topological polar surface area (TPSA) is 33.1 Å². The number of allylic oxidation sites excluding steroid dienone is 2. The smallest absolute Gasteiger partial charge is 0.127 e. The number of fused-ring (bicyclic) bond motifs is 1. The molecule has 0 spiro atoms. The average molecular weight is 375 g/mol. The zero-order valence-electron chi connectivity index (χ0n) is 16.2. The molecule has 0 bridgehead atoms. The molecule has 0 aliphatic rings. The van der Waals surface area contributed by atoms with Gasteiger partial charge in [-0.25, -0.2) is 9.37 Å². The van der Waals surface area contributed by atoms with Gasteiger partial charge in [0, 0.05) is 10.9 Å². The zero-order chi connectivity index (χ0) is 19.9. The van der Waals surface area contributed by atoms with Crippen molar-refractivity contribution in [3.8, 4) is 11.3 Å². The molecule has 1 N–H and O–H groups in total. The minimum Gasteiger partial charge on any atom is -0.393 e. The van der Waals surface area contributed by atoms with Crippen molar-refractivity contribution < 1.29 is 9.50 Å². The monoisotopic (exact) mass is 375 g/mol. The summed E-state index contributed by atoms with van der Waals surface area (Å²) >= 11 is 0. The van der Waals surface area contributed by atoms with Crippen LogP contribution in [0, 0.1) is 5.82 Å². The lowest BCUT2D eigenvalue weighted by molar-refractivity contribution is 0.182. The minimum atomic E-state index is -0.235. The number of pyridine rings is 1. The molecule has 2 nitrogen and oxygen atoms in total. The molecule has 0 radical (unpaired) electrons. The van der Waals surface area contributed by atoms with E-state index in [9.17, 15) is 9.50 Å². The van der Waals surface area contributed by atoms with Crippen LogP contribution in [0.2, 0.25) is 0 Å². The van der Waals surface area contributed by atoms with Crippen molar-refractivity contribution in [3.63, 3.8) is 0 Å². The maximum Gasteiger partial charge on any atom is 0.127 e. The Morgan fingerprint density at radius 2 is 2.00 bits per heavy atom. The molecular weight excluding hydrogens is 349 g/mol. The second-order valence-corrected chi connectivity index (χ2v) is 7.13. The highest BCUT2D eigenvalue weighted by molar-refractivity contribution is 5.83. The fourth-order valence-electron chi connectivity index (χ4n) is 3.19. The van der Waals surface area contributed by atoms with Crippen molar-refractivity contribution in [1.82, 2.24) is 4.98 Å². The van der Waals surface area contributed by atoms with Crippen molar-refractivity contribution in [2.45, 2.75) is 38.7 Å². The molecule has 3 heteroatoms. The molecule has 1 heterocycles. The summed E-state index contributed by atoms with van der Waals surface area (Å²) in [6.07, 6.45) is 8.98. The van der Waals surface area contributed by atoms with Crippen LogP contribution in [0.1, 0.15) is 37.3 Å². The number of halogens is 1. The molecule has 1 atom stereocenters. The standard InChI is InChI=1S/C25H26FNO/c1-3-7-20-11-12-22(17-23(20)26)25-15-13-21-16-19(10-14-24(21)27-25)9-6-4-5-8-18(2)28/h3,6,9-18,28H,1,4-5,7-8H2,2H3/b9-6+. The summed E-state index contributed by atoms with van der Waals surface area (Å²) in [5.41, 5.74) is 4.19. The minimum absolute atomic E-state index is 0.227. The molecule has 2 aromatic carbocycles. The van der Waals surface area contributed by atoms with Gasteiger partial charge in [-0.05, 0) is 68.0 Å². The van der Waals surface area contributed by atoms with Crippen molar-refractivity contribution in [2.75, 3.05) is 0 Å². The van der Waals surface area contributed by atoms with Crippen LogP contribution in [0.15, 0.2) is 67.3 Å². The van der Waals surface area contributed by atoms with Gasteiger partial charge in [0.05, 0.1) is 17.3 Å². The molecule has 1 unspecified atom stereocenters. The number of benzene rings is 2. The Morgan fingerprint density at radius 3 is 2.75 bits per heavy atom. The molecule has 0 aliphatic carbocycles. The highest BCUT2D eigenvalue weighted by Gasteiger charge is 2.06. The second kappa shape index (κ2) is 9.43. The third-order valence-corrected chi connectivity index (χ3v) is 4.73. The van der Waals surface area contributed by atoms with Crippen LogP contribution in [0.5, 0.6) is 0 Å². The fraction of sp³-hybridized carbons (Fsp3) is 0.240. The zero-order valence-corrected chi connectivity index (χ0v) is 16.2. The molecule has 1 aromatic heterocycles. The van der Waals surface area contributed by atoms with E-state index in [-0.39, 0.29) is 11.9 Å². The number of nitrogens with zero attached hydrogens (tertiary/aromatic N) is 1. The van der Waals surface area contributed by atoms with Crippen LogP contribution >= 0.6 is 0 Å². The quantitative estimate of drug-likeness (QED) is 0.368. The van der Waals surface area contributed by atoms with E-state index in [0.29, 0.717) is 12.0 Å². The Bertz CT molecular complexity index is 991. The maximum absolute atomic E-state index is 14.2. The molecule has 0 saturated carbocycles. The highest BCUT2D eigenvalue weighted by Crippen LogP contribution is 2.24. The van der Waals surface area contributed by atoms with Crippen molar-refractivity contribution in [1.29, 1.82) is 0 Å². The number of unbranched alkanes of at least 4 members (excludes halogenated alkanes) is 1. The van der Waals surface area contributed by atoms with Crippen molar-refractivity contribution >= 4 is 17.0 Å². The average Bonchev–Trinajstić information content (AvgIpc) is 2.68. The van der Waals surface area contributed by atoms with E-state index in [2.05, 4.69) is 24.8 Å². The fourth-order valence-corrected chi connectivity index (χ4v) is 3.19. The van der Waals surface area contributed by atoms with Gasteiger partial charge in [-0.3, -0.25) is 0 Å². The summed E-state index contributed by atoms with van der Waals surface area (Å²) in [6.45, 7) is 5.48. The molecule has 0 saturated heterocycles. The van der Waals surface area contributed by atoms with Gasteiger partial charge >= 0.3 is 0 Å². The largest absolute Gasteiger partial charge is 0.393 e. The van der Waals surface area contributed by atoms with Crippen molar-refractivity contribution in [3.05, 3.63) is 84.2 Å². The van der Waals surface area contributed by atoms with Gasteiger partial charge in [0.2, 0.25) is 0 Å². The molecule has 144 valence electrons. The van der Waals surface area contributed by atoms with Gasteiger partial charge in [-0.2, -0.15) is 0 Å². The first-order chi connectivity index (χ1) is 13.6. The third kappa shape index (κ3) is 5.14. The SMILES string of the molecule is C=CCc1ccc(-c2ccc3cc(/C=C/CCCC(C)O)ccc3n2)cc1F. The molecular formula is C25H26FNO. The molecule has 0 amide bonds. The van der Waals surface area contributed by atoms with Gasteiger partial charge < -0.3 is 5.11 Å². The van der Waals surface area contributed by atoms with Gasteiger partial charge in [-0.15, -0.1) is 6.58 Å². The van der Waals surface area contributed by atoms with Crippen LogP contribution < -0.4 is 0 Å². The summed E-state index contributed by atoms with van der Waals surface area (Å²) in [4.78, 5) is 4.69. The number of aliphatic hydroxyl groups excluding tert-OH is 1. The van der Waals surface area contributed by atoms with Crippen LogP contribution in [-0.2, 0) is 6.42 Å². The lowest BCUT2D eigenvalue weighted by Gasteiger charge is -2.07. The number of hydrogen-bond acceptors (Lipinski definition) is 2. The van der Waals surface area contributed by atoms with Crippen LogP contribution in [-0.4, -0.2) is 16.2 Å². The summed E-state index contributed by atoms with van der Waals surface area (Å²) in [5, 5.41) is 10.3. The Kier molecular flexibility index (Phi) is 6.72. The predicted octanol–water partition coefficient (Wildman–Crippen LogP) is 6.33. The van der Waals surface area contributed by atoms with Gasteiger partial charge in [0.1, 0.15) is 5.82 Å². The van der Waals surface area contributed by atoms with E-state index in [0.717, 1.165) is 47.0 Å². The molecule has 0 aliphatic heterocycles. The maximum atomic E-state index is 14.2. The van der Waals surface area contributed by atoms with Gasteiger partial charge in [0.15, 0.2) is 0 Å². The number of hydrogen-bond donors (Lipinski definition) is 1. The molecule has 3 rings (SSSR count). The summed E-state index contributed by atoms with van der Waals surface area (Å²) in [5.74, 6) is -0.227. The first-order valence-electron chi connectivity index (χ1n) is 9.72. The van der Waals surface area contributed by atoms with E-state index >= 15 is 0 Å². The third-order valence-electron chi connectivity index (χ3n) is 4.73. The lowest BCUT2D eigenvalue weighted by Crippen LogP contribution is -1.97. The van der Waals surface area contributed by atoms with Crippen LogP contribution in [0.4, 0.5) is 4.39 Å². The Hall–Kier alpha value is -2.78. The van der Waals surface area contributed by atoms with Crippen LogP contribution in [0.25, 0.3) is 28.2 Å². The van der Waals surface area contributed by atoms with Crippen molar-refractivity contribution in [2.24, 2.45) is 0 Å². The normalized spacial score (nSPS) is 12.5. The molecule has 28 heavy (non-hydrogen) atoms. The van der Waals surface area contributed by atoms with Gasteiger partial charge in [0.25, 0.3) is 0 Å². The summed E-state index contributed by atoms with van der Waals surface area (Å²) in [7, 11) is 0.